The highest BCUT2D eigenvalue weighted by Gasteiger charge is 2.32. The summed E-state index contributed by atoms with van der Waals surface area (Å²) in [7, 11) is -3.88. The van der Waals surface area contributed by atoms with Crippen LogP contribution in [0.4, 0.5) is 5.13 Å². The van der Waals surface area contributed by atoms with Gasteiger partial charge in [0.25, 0.3) is 6.47 Å². The van der Waals surface area contributed by atoms with Gasteiger partial charge in [-0.1, -0.05) is 48.2 Å². The van der Waals surface area contributed by atoms with E-state index in [-0.39, 0.29) is 34.4 Å². The average Bonchev–Trinajstić information content (AvgIpc) is 3.72. The number of para-hydroxylation sites is 1. The Bertz CT molecular complexity index is 2400. The first-order valence-electron chi connectivity index (χ1n) is 19.8. The second-order valence-corrected chi connectivity index (χ2v) is 17.0. The first kappa shape index (κ1) is 44.2. The van der Waals surface area contributed by atoms with Crippen molar-refractivity contribution in [1.29, 1.82) is 0 Å². The molecule has 16 heteroatoms. The van der Waals surface area contributed by atoms with Gasteiger partial charge in [-0.15, -0.1) is 0 Å². The van der Waals surface area contributed by atoms with Gasteiger partial charge in [0.15, 0.2) is 15.7 Å². The number of rotatable bonds is 21. The number of carbonyl (C=O) groups excluding carboxylic acids is 4. The number of anilines is 1. The highest BCUT2D eigenvalue weighted by atomic mass is 32.2. The third-order valence-electron chi connectivity index (χ3n) is 9.76. The maximum Gasteiger partial charge on any atom is 0.330 e. The van der Waals surface area contributed by atoms with E-state index in [1.54, 1.807) is 42.5 Å². The van der Waals surface area contributed by atoms with Crippen molar-refractivity contribution in [2.45, 2.75) is 56.3 Å². The molecule has 1 aliphatic rings. The lowest BCUT2D eigenvalue weighted by molar-refractivity contribution is -0.145. The first-order chi connectivity index (χ1) is 29.6. The van der Waals surface area contributed by atoms with E-state index in [2.05, 4.69) is 16.7 Å². The Kier molecular flexibility index (Phi) is 15.7. The SMILES string of the molecule is C=CC(=O)OCCCCCCOc1ccc(OC(=O)[C@H]2CC[C@H](C(=O)Oc3ccc(OC=O)cc3/C=N/N(CS(=O)(=O)c3ccccc3)c3nc4ccccc4s3)CC2)cc1. The zero-order valence-electron chi connectivity index (χ0n) is 33.3. The summed E-state index contributed by atoms with van der Waals surface area (Å²) in [6.07, 6.45) is 7.56. The minimum Gasteiger partial charge on any atom is -0.494 e. The second-order valence-electron chi connectivity index (χ2n) is 14.1. The number of thiazole rings is 1. The Morgan fingerprint density at radius 2 is 1.43 bits per heavy atom. The number of aromatic nitrogens is 1. The lowest BCUT2D eigenvalue weighted by atomic mass is 9.82. The predicted octanol–water partition coefficient (Wildman–Crippen LogP) is 8.09. The molecule has 0 atom stereocenters. The van der Waals surface area contributed by atoms with Gasteiger partial charge >= 0.3 is 17.9 Å². The molecule has 0 amide bonds. The summed E-state index contributed by atoms with van der Waals surface area (Å²) in [6.45, 7) is 4.53. The molecule has 1 fully saturated rings. The molecule has 0 N–H and O–H groups in total. The molecule has 1 aliphatic carbocycles. The molecule has 1 saturated carbocycles. The van der Waals surface area contributed by atoms with Crippen LogP contribution >= 0.6 is 11.3 Å². The molecule has 0 saturated heterocycles. The largest absolute Gasteiger partial charge is 0.494 e. The van der Waals surface area contributed by atoms with E-state index >= 15 is 0 Å². The Morgan fingerprint density at radius 1 is 0.787 bits per heavy atom. The van der Waals surface area contributed by atoms with Crippen LogP contribution in [0.3, 0.4) is 0 Å². The molecule has 5 aromatic rings. The van der Waals surface area contributed by atoms with Crippen LogP contribution in [0.2, 0.25) is 0 Å². The van der Waals surface area contributed by atoms with Gasteiger partial charge in [0.05, 0.1) is 46.4 Å². The summed E-state index contributed by atoms with van der Waals surface area (Å²) >= 11 is 1.26. The second kappa shape index (κ2) is 21.7. The summed E-state index contributed by atoms with van der Waals surface area (Å²) in [5.41, 5.74) is 0.909. The van der Waals surface area contributed by atoms with Gasteiger partial charge < -0.3 is 23.7 Å². The number of hydrogen-bond acceptors (Lipinski definition) is 15. The van der Waals surface area contributed by atoms with Gasteiger partial charge in [-0.2, -0.15) is 5.10 Å². The maximum atomic E-state index is 13.5. The fourth-order valence-corrected chi connectivity index (χ4v) is 8.73. The van der Waals surface area contributed by atoms with Gasteiger partial charge in [-0.3, -0.25) is 14.4 Å². The molecular weight excluding hydrogens is 823 g/mol. The van der Waals surface area contributed by atoms with E-state index in [0.29, 0.717) is 61.0 Å². The Hall–Kier alpha value is -6.39. The van der Waals surface area contributed by atoms with Crippen molar-refractivity contribution in [1.82, 2.24) is 4.98 Å². The van der Waals surface area contributed by atoms with Gasteiger partial charge in [0.2, 0.25) is 5.13 Å². The van der Waals surface area contributed by atoms with Crippen LogP contribution in [-0.4, -0.2) is 63.1 Å². The zero-order valence-corrected chi connectivity index (χ0v) is 34.9. The van der Waals surface area contributed by atoms with Crippen LogP contribution in [0.25, 0.3) is 10.2 Å². The van der Waals surface area contributed by atoms with E-state index in [1.165, 1.54) is 52.9 Å². The lowest BCUT2D eigenvalue weighted by Crippen LogP contribution is -2.30. The van der Waals surface area contributed by atoms with Crippen LogP contribution in [0.15, 0.2) is 120 Å². The molecule has 1 heterocycles. The number of hydrazone groups is 1. The Morgan fingerprint density at radius 3 is 2.11 bits per heavy atom. The fourth-order valence-electron chi connectivity index (χ4n) is 6.49. The third-order valence-corrected chi connectivity index (χ3v) is 12.4. The Balaban J connectivity index is 1.04. The number of ether oxygens (including phenoxy) is 5. The predicted molar refractivity (Wildman–Crippen MR) is 230 cm³/mol. The summed E-state index contributed by atoms with van der Waals surface area (Å²) in [5.74, 6) is -1.44. The molecule has 4 aromatic carbocycles. The van der Waals surface area contributed by atoms with Crippen LogP contribution < -0.4 is 24.0 Å². The number of hydrogen-bond donors (Lipinski definition) is 0. The molecule has 0 spiro atoms. The van der Waals surface area contributed by atoms with E-state index in [9.17, 15) is 27.6 Å². The summed E-state index contributed by atoms with van der Waals surface area (Å²) in [6, 6.07) is 26.6. The number of unbranched alkanes of at least 4 members (excludes halogenated alkanes) is 3. The molecule has 0 aliphatic heterocycles. The van der Waals surface area contributed by atoms with Crippen molar-refractivity contribution in [2.75, 3.05) is 24.1 Å². The minimum atomic E-state index is -3.88. The molecule has 6 rings (SSSR count). The van der Waals surface area contributed by atoms with E-state index in [1.807, 2.05) is 24.3 Å². The third kappa shape index (κ3) is 12.8. The van der Waals surface area contributed by atoms with Crippen molar-refractivity contribution < 1.29 is 51.3 Å². The van der Waals surface area contributed by atoms with Crippen LogP contribution in [-0.2, 0) is 33.8 Å². The van der Waals surface area contributed by atoms with Gasteiger partial charge in [0.1, 0.15) is 23.0 Å². The molecular formula is C45H45N3O11S2. The van der Waals surface area contributed by atoms with Crippen molar-refractivity contribution in [2.24, 2.45) is 16.9 Å². The molecule has 61 heavy (non-hydrogen) atoms. The number of nitrogens with zero attached hydrogens (tertiary/aromatic N) is 3. The molecule has 0 bridgehead atoms. The average molecular weight is 868 g/mol. The molecule has 0 radical (unpaired) electrons. The smallest absolute Gasteiger partial charge is 0.330 e. The number of sulfone groups is 1. The van der Waals surface area contributed by atoms with Crippen LogP contribution in [0.5, 0.6) is 23.0 Å². The molecule has 14 nitrogen and oxygen atoms in total. The van der Waals surface area contributed by atoms with Crippen molar-refractivity contribution in [3.8, 4) is 23.0 Å². The standard InChI is InChI=1S/C45H45N3O11S2/c1-2-42(50)56-27-11-4-3-10-26-55-35-20-22-36(23-21-35)58-43(51)32-16-18-33(19-17-32)44(52)59-40-25-24-37(57-31-49)28-34(40)29-46-48(30-61(53,54)38-12-6-5-7-13-38)45-47-39-14-8-9-15-41(39)60-45/h2,5-9,12-15,20-25,28-29,31-33H,1,3-4,10-11,16-19,26-27,30H2/b46-29+/t32-,33-. The maximum absolute atomic E-state index is 13.5. The number of benzene rings is 4. The van der Waals surface area contributed by atoms with E-state index in [4.69, 9.17) is 23.7 Å². The monoisotopic (exact) mass is 867 g/mol. The number of carbonyl (C=O) groups is 4. The van der Waals surface area contributed by atoms with Crippen LogP contribution in [0.1, 0.15) is 56.9 Å². The lowest BCUT2D eigenvalue weighted by Gasteiger charge is -2.26. The quantitative estimate of drug-likeness (QED) is 0.0132. The first-order valence-corrected chi connectivity index (χ1v) is 22.2. The highest BCUT2D eigenvalue weighted by molar-refractivity contribution is 7.91. The van der Waals surface area contributed by atoms with Crippen LogP contribution in [0, 0.1) is 11.8 Å². The van der Waals surface area contributed by atoms with Gasteiger partial charge in [-0.25, -0.2) is 23.2 Å². The number of fused-ring (bicyclic) bond motifs is 1. The van der Waals surface area contributed by atoms with Gasteiger partial charge in [0, 0.05) is 11.6 Å². The zero-order chi connectivity index (χ0) is 43.0. The number of esters is 3. The van der Waals surface area contributed by atoms with Crippen molar-refractivity contribution in [3.63, 3.8) is 0 Å². The summed E-state index contributed by atoms with van der Waals surface area (Å²) in [5, 5.41) is 6.10. The normalized spacial score (nSPS) is 15.1. The van der Waals surface area contributed by atoms with Gasteiger partial charge in [-0.05, 0) is 118 Å². The molecule has 0 unspecified atom stereocenters. The topological polar surface area (TPSA) is 177 Å². The molecule has 1 aromatic heterocycles. The summed E-state index contributed by atoms with van der Waals surface area (Å²) < 4.78 is 55.2. The minimum absolute atomic E-state index is 0.109. The van der Waals surface area contributed by atoms with E-state index in [0.717, 1.165) is 36.5 Å². The van der Waals surface area contributed by atoms with Crippen molar-refractivity contribution in [3.05, 3.63) is 115 Å². The van der Waals surface area contributed by atoms with Crippen molar-refractivity contribution >= 4 is 67.1 Å². The fraction of sp³-hybridized carbons (Fsp3) is 0.289. The van der Waals surface area contributed by atoms with E-state index < -0.39 is 39.5 Å². The molecule has 318 valence electrons. The highest BCUT2D eigenvalue weighted by Crippen LogP contribution is 2.34. The summed E-state index contributed by atoms with van der Waals surface area (Å²) in [4.78, 5) is 53.6. The Labute approximate surface area is 357 Å².